The summed E-state index contributed by atoms with van der Waals surface area (Å²) >= 11 is 9.37. The van der Waals surface area contributed by atoms with E-state index in [0.717, 1.165) is 0 Å². The van der Waals surface area contributed by atoms with Crippen LogP contribution in [0.3, 0.4) is 0 Å². The molecule has 0 aromatic heterocycles. The van der Waals surface area contributed by atoms with Gasteiger partial charge in [-0.1, -0.05) is 18.2 Å². The van der Waals surface area contributed by atoms with Crippen LogP contribution in [-0.2, 0) is 0 Å². The Kier molecular flexibility index (Phi) is 4.42. The van der Waals surface area contributed by atoms with Crippen molar-refractivity contribution in [1.29, 1.82) is 0 Å². The van der Waals surface area contributed by atoms with Gasteiger partial charge in [-0.15, -0.1) is 11.6 Å². The Morgan fingerprint density at radius 1 is 1.11 bits per heavy atom. The van der Waals surface area contributed by atoms with Crippen molar-refractivity contribution in [3.63, 3.8) is 0 Å². The van der Waals surface area contributed by atoms with Gasteiger partial charge in [-0.2, -0.15) is 0 Å². The lowest BCUT2D eigenvalue weighted by atomic mass is 10.0. The molecule has 0 aliphatic carbocycles. The fourth-order valence-corrected chi connectivity index (χ4v) is 2.48. The molecule has 0 amide bonds. The molecule has 2 aromatic rings. The standard InChI is InChI=1S/C14H10BrClF2O/c1-19-13-7-12(18)10(15)6-9(13)14(16)8-4-2-3-5-11(8)17/h2-7,14H,1H3. The molecule has 1 atom stereocenters. The van der Waals surface area contributed by atoms with Gasteiger partial charge in [0.05, 0.1) is 17.0 Å². The predicted molar refractivity (Wildman–Crippen MR) is 74.7 cm³/mol. The summed E-state index contributed by atoms with van der Waals surface area (Å²) in [5.41, 5.74) is 0.823. The van der Waals surface area contributed by atoms with Crippen molar-refractivity contribution in [3.8, 4) is 5.75 Å². The molecule has 19 heavy (non-hydrogen) atoms. The summed E-state index contributed by atoms with van der Waals surface area (Å²) in [6.45, 7) is 0. The highest BCUT2D eigenvalue weighted by molar-refractivity contribution is 9.10. The highest BCUT2D eigenvalue weighted by Gasteiger charge is 2.20. The maximum absolute atomic E-state index is 13.7. The zero-order chi connectivity index (χ0) is 14.0. The third-order valence-corrected chi connectivity index (χ3v) is 3.80. The number of hydrogen-bond acceptors (Lipinski definition) is 1. The Balaban J connectivity index is 2.52. The minimum absolute atomic E-state index is 0.255. The molecule has 5 heteroatoms. The molecule has 2 aromatic carbocycles. The van der Waals surface area contributed by atoms with Crippen LogP contribution in [0, 0.1) is 11.6 Å². The van der Waals surface area contributed by atoms with Crippen LogP contribution in [0.4, 0.5) is 8.78 Å². The third-order valence-electron chi connectivity index (χ3n) is 2.72. The first-order chi connectivity index (χ1) is 9.04. The van der Waals surface area contributed by atoms with E-state index in [9.17, 15) is 8.78 Å². The molecular formula is C14H10BrClF2O. The minimum atomic E-state index is -0.756. The van der Waals surface area contributed by atoms with E-state index in [2.05, 4.69) is 15.9 Å². The fourth-order valence-electron chi connectivity index (χ4n) is 1.77. The summed E-state index contributed by atoms with van der Waals surface area (Å²) < 4.78 is 32.5. The SMILES string of the molecule is COc1cc(F)c(Br)cc1C(Cl)c1ccccc1F. The molecule has 0 aliphatic heterocycles. The summed E-state index contributed by atoms with van der Waals surface area (Å²) in [5.74, 6) is -0.591. The van der Waals surface area contributed by atoms with Gasteiger partial charge in [0.15, 0.2) is 0 Å². The Labute approximate surface area is 123 Å². The van der Waals surface area contributed by atoms with Gasteiger partial charge >= 0.3 is 0 Å². The van der Waals surface area contributed by atoms with Crippen molar-refractivity contribution >= 4 is 27.5 Å². The largest absolute Gasteiger partial charge is 0.496 e. The van der Waals surface area contributed by atoms with Gasteiger partial charge in [-0.3, -0.25) is 0 Å². The average molecular weight is 348 g/mol. The van der Waals surface area contributed by atoms with Gasteiger partial charge in [-0.05, 0) is 28.1 Å². The molecule has 0 N–H and O–H groups in total. The van der Waals surface area contributed by atoms with Crippen LogP contribution in [-0.4, -0.2) is 7.11 Å². The maximum atomic E-state index is 13.7. The molecule has 100 valence electrons. The number of rotatable bonds is 3. The summed E-state index contributed by atoms with van der Waals surface area (Å²) in [4.78, 5) is 0. The summed E-state index contributed by atoms with van der Waals surface area (Å²) in [5, 5.41) is -0.756. The lowest BCUT2D eigenvalue weighted by molar-refractivity contribution is 0.406. The lowest BCUT2D eigenvalue weighted by Crippen LogP contribution is -2.01. The van der Waals surface area contributed by atoms with Crippen LogP contribution in [0.5, 0.6) is 5.75 Å². The van der Waals surface area contributed by atoms with E-state index < -0.39 is 17.0 Å². The van der Waals surface area contributed by atoms with Gasteiger partial charge in [0.1, 0.15) is 17.4 Å². The van der Waals surface area contributed by atoms with Gasteiger partial charge < -0.3 is 4.74 Å². The van der Waals surface area contributed by atoms with E-state index in [1.54, 1.807) is 18.2 Å². The monoisotopic (exact) mass is 346 g/mol. The molecular weight excluding hydrogens is 338 g/mol. The molecule has 0 spiro atoms. The van der Waals surface area contributed by atoms with Crippen molar-refractivity contribution in [1.82, 2.24) is 0 Å². The smallest absolute Gasteiger partial charge is 0.141 e. The number of alkyl halides is 1. The number of benzene rings is 2. The lowest BCUT2D eigenvalue weighted by Gasteiger charge is -2.15. The minimum Gasteiger partial charge on any atom is -0.496 e. The van der Waals surface area contributed by atoms with Crippen LogP contribution >= 0.6 is 27.5 Å². The first-order valence-corrected chi connectivity index (χ1v) is 6.69. The Bertz CT molecular complexity index is 604. The van der Waals surface area contributed by atoms with E-state index >= 15 is 0 Å². The molecule has 0 saturated heterocycles. The van der Waals surface area contributed by atoms with Crippen LogP contribution in [0.25, 0.3) is 0 Å². The zero-order valence-corrected chi connectivity index (χ0v) is 12.3. The Morgan fingerprint density at radius 2 is 1.79 bits per heavy atom. The van der Waals surface area contributed by atoms with Crippen molar-refractivity contribution < 1.29 is 13.5 Å². The van der Waals surface area contributed by atoms with Crippen molar-refractivity contribution in [3.05, 3.63) is 63.6 Å². The number of ether oxygens (including phenoxy) is 1. The first kappa shape index (κ1) is 14.3. The molecule has 2 rings (SSSR count). The number of hydrogen-bond donors (Lipinski definition) is 0. The normalized spacial score (nSPS) is 12.3. The van der Waals surface area contributed by atoms with Gasteiger partial charge in [-0.25, -0.2) is 8.78 Å². The fraction of sp³-hybridized carbons (Fsp3) is 0.143. The van der Waals surface area contributed by atoms with E-state index in [4.69, 9.17) is 16.3 Å². The summed E-state index contributed by atoms with van der Waals surface area (Å²) in [6, 6.07) is 8.91. The van der Waals surface area contributed by atoms with Crippen LogP contribution in [0.1, 0.15) is 16.5 Å². The van der Waals surface area contributed by atoms with Crippen LogP contribution < -0.4 is 4.74 Å². The molecule has 0 bridgehead atoms. The Morgan fingerprint density at radius 3 is 2.42 bits per heavy atom. The molecule has 0 saturated carbocycles. The molecule has 0 radical (unpaired) electrons. The zero-order valence-electron chi connectivity index (χ0n) is 9.96. The second-order valence-corrected chi connectivity index (χ2v) is 5.18. The average Bonchev–Trinajstić information content (AvgIpc) is 2.41. The first-order valence-electron chi connectivity index (χ1n) is 5.46. The maximum Gasteiger partial charge on any atom is 0.141 e. The second kappa shape index (κ2) is 5.88. The highest BCUT2D eigenvalue weighted by Crippen LogP contribution is 2.38. The van der Waals surface area contributed by atoms with Crippen LogP contribution in [0.2, 0.25) is 0 Å². The molecule has 0 heterocycles. The number of methoxy groups -OCH3 is 1. The van der Waals surface area contributed by atoms with Crippen molar-refractivity contribution in [2.24, 2.45) is 0 Å². The Hall–Kier alpha value is -1.13. The van der Waals surface area contributed by atoms with Gasteiger partial charge in [0, 0.05) is 17.2 Å². The summed E-state index contributed by atoms with van der Waals surface area (Å²) in [7, 11) is 1.41. The van der Waals surface area contributed by atoms with E-state index in [-0.39, 0.29) is 10.2 Å². The number of halogens is 4. The van der Waals surface area contributed by atoms with Gasteiger partial charge in [0.2, 0.25) is 0 Å². The van der Waals surface area contributed by atoms with E-state index in [1.807, 2.05) is 0 Å². The van der Waals surface area contributed by atoms with Crippen molar-refractivity contribution in [2.45, 2.75) is 5.38 Å². The van der Waals surface area contributed by atoms with Gasteiger partial charge in [0.25, 0.3) is 0 Å². The highest BCUT2D eigenvalue weighted by atomic mass is 79.9. The second-order valence-electron chi connectivity index (χ2n) is 3.89. The molecule has 1 unspecified atom stereocenters. The molecule has 0 aliphatic rings. The molecule has 0 fully saturated rings. The summed E-state index contributed by atoms with van der Waals surface area (Å²) in [6.07, 6.45) is 0. The third kappa shape index (κ3) is 2.90. The van der Waals surface area contributed by atoms with E-state index in [1.165, 1.54) is 25.3 Å². The topological polar surface area (TPSA) is 9.23 Å². The quantitative estimate of drug-likeness (QED) is 0.705. The van der Waals surface area contributed by atoms with E-state index in [0.29, 0.717) is 11.1 Å². The predicted octanol–water partition coefficient (Wildman–Crippen LogP) is 5.06. The van der Waals surface area contributed by atoms with Crippen molar-refractivity contribution in [2.75, 3.05) is 7.11 Å². The molecule has 1 nitrogen and oxygen atoms in total. The van der Waals surface area contributed by atoms with Crippen LogP contribution in [0.15, 0.2) is 40.9 Å².